The van der Waals surface area contributed by atoms with Gasteiger partial charge in [-0.1, -0.05) is 54.9 Å². The Morgan fingerprint density at radius 2 is 1.83 bits per heavy atom. The van der Waals surface area contributed by atoms with Crippen molar-refractivity contribution in [2.45, 2.75) is 26.3 Å². The summed E-state index contributed by atoms with van der Waals surface area (Å²) in [5, 5.41) is 3.92. The van der Waals surface area contributed by atoms with Crippen LogP contribution in [0.1, 0.15) is 35.3 Å². The molecule has 0 bridgehead atoms. The lowest BCUT2D eigenvalue weighted by Crippen LogP contribution is -2.26. The Bertz CT molecular complexity index is 1590. The Morgan fingerprint density at radius 3 is 2.56 bits per heavy atom. The Morgan fingerprint density at radius 1 is 1.00 bits per heavy atom. The highest BCUT2D eigenvalue weighted by molar-refractivity contribution is 6.30. The third kappa shape index (κ3) is 4.95. The Labute approximate surface area is 213 Å². The van der Waals surface area contributed by atoms with E-state index in [2.05, 4.69) is 12.2 Å². The van der Waals surface area contributed by atoms with Crippen molar-refractivity contribution >= 4 is 34.1 Å². The first-order valence-corrected chi connectivity index (χ1v) is 12.1. The molecule has 0 aliphatic rings. The standard InChI is InChI=1S/C29H24ClN3O3/c1-2-5-27-32-25-14-13-23(31-28(34)26-8-4-15-36-26)17-24(25)29(35)33(27)18-19-9-11-20(12-10-19)21-6-3-7-22(30)16-21/h3-4,6-17H,2,5,18H2,1H3,(H,31,34). The number of aryl methyl sites for hydroxylation is 1. The number of benzene rings is 3. The number of furan rings is 1. The van der Waals surface area contributed by atoms with Gasteiger partial charge in [0.2, 0.25) is 0 Å². The fraction of sp³-hybridized carbons (Fsp3) is 0.138. The van der Waals surface area contributed by atoms with Gasteiger partial charge in [0, 0.05) is 17.1 Å². The van der Waals surface area contributed by atoms with E-state index in [4.69, 9.17) is 21.0 Å². The predicted octanol–water partition coefficient (Wildman–Crippen LogP) is 6.56. The number of aromatic nitrogens is 2. The first-order valence-electron chi connectivity index (χ1n) is 11.7. The van der Waals surface area contributed by atoms with E-state index in [1.807, 2.05) is 48.5 Å². The van der Waals surface area contributed by atoms with E-state index in [-0.39, 0.29) is 17.2 Å². The number of anilines is 1. The third-order valence-corrected chi connectivity index (χ3v) is 6.20. The Hall–Kier alpha value is -4.16. The van der Waals surface area contributed by atoms with Crippen molar-refractivity contribution in [3.63, 3.8) is 0 Å². The van der Waals surface area contributed by atoms with E-state index in [1.54, 1.807) is 34.9 Å². The first-order chi connectivity index (χ1) is 17.5. The van der Waals surface area contributed by atoms with E-state index >= 15 is 0 Å². The lowest BCUT2D eigenvalue weighted by Gasteiger charge is -2.14. The van der Waals surface area contributed by atoms with Crippen LogP contribution in [0.25, 0.3) is 22.0 Å². The SMILES string of the molecule is CCCc1nc2ccc(NC(=O)c3ccco3)cc2c(=O)n1Cc1ccc(-c2cccc(Cl)c2)cc1. The van der Waals surface area contributed by atoms with Gasteiger partial charge in [-0.05, 0) is 65.6 Å². The van der Waals surface area contributed by atoms with Gasteiger partial charge >= 0.3 is 0 Å². The van der Waals surface area contributed by atoms with Crippen LogP contribution in [-0.4, -0.2) is 15.5 Å². The second-order valence-corrected chi connectivity index (χ2v) is 8.98. The molecule has 5 rings (SSSR count). The molecule has 7 heteroatoms. The number of nitrogens with one attached hydrogen (secondary N) is 1. The average molecular weight is 498 g/mol. The lowest BCUT2D eigenvalue weighted by molar-refractivity contribution is 0.0996. The number of nitrogens with zero attached hydrogens (tertiary/aromatic N) is 2. The molecule has 1 N–H and O–H groups in total. The van der Waals surface area contributed by atoms with E-state index < -0.39 is 0 Å². The van der Waals surface area contributed by atoms with Gasteiger partial charge in [-0.2, -0.15) is 0 Å². The molecule has 0 atom stereocenters. The zero-order valence-electron chi connectivity index (χ0n) is 19.7. The van der Waals surface area contributed by atoms with Crippen LogP contribution in [0.4, 0.5) is 5.69 Å². The molecular weight excluding hydrogens is 474 g/mol. The summed E-state index contributed by atoms with van der Waals surface area (Å²) in [7, 11) is 0. The Balaban J connectivity index is 1.47. The van der Waals surface area contributed by atoms with Crippen molar-refractivity contribution in [1.29, 1.82) is 0 Å². The molecule has 0 aliphatic carbocycles. The van der Waals surface area contributed by atoms with E-state index in [0.29, 0.717) is 34.6 Å². The minimum absolute atomic E-state index is 0.142. The number of carbonyl (C=O) groups excluding carboxylic acids is 1. The number of carbonyl (C=O) groups is 1. The second kappa shape index (κ2) is 10.2. The summed E-state index contributed by atoms with van der Waals surface area (Å²) >= 11 is 6.14. The van der Waals surface area contributed by atoms with Crippen molar-refractivity contribution in [3.05, 3.63) is 118 Å². The zero-order chi connectivity index (χ0) is 25.1. The predicted molar refractivity (Wildman–Crippen MR) is 143 cm³/mol. The molecule has 0 spiro atoms. The van der Waals surface area contributed by atoms with Gasteiger partial charge in [0.25, 0.3) is 11.5 Å². The van der Waals surface area contributed by atoms with Crippen molar-refractivity contribution in [2.24, 2.45) is 0 Å². The largest absolute Gasteiger partial charge is 0.459 e. The van der Waals surface area contributed by atoms with Crippen molar-refractivity contribution in [1.82, 2.24) is 9.55 Å². The molecule has 5 aromatic rings. The number of amides is 1. The highest BCUT2D eigenvalue weighted by Crippen LogP contribution is 2.24. The van der Waals surface area contributed by atoms with Gasteiger partial charge in [0.15, 0.2) is 5.76 Å². The zero-order valence-corrected chi connectivity index (χ0v) is 20.5. The normalized spacial score (nSPS) is 11.1. The van der Waals surface area contributed by atoms with Gasteiger partial charge in [0.1, 0.15) is 5.82 Å². The van der Waals surface area contributed by atoms with E-state index in [1.165, 1.54) is 6.26 Å². The summed E-state index contributed by atoms with van der Waals surface area (Å²) < 4.78 is 6.87. The molecule has 0 unspecified atom stereocenters. The topological polar surface area (TPSA) is 77.1 Å². The molecule has 6 nitrogen and oxygen atoms in total. The fourth-order valence-corrected chi connectivity index (χ4v) is 4.37. The van der Waals surface area contributed by atoms with Crippen LogP contribution in [0.15, 0.2) is 94.3 Å². The quantitative estimate of drug-likeness (QED) is 0.276. The fourth-order valence-electron chi connectivity index (χ4n) is 4.18. The maximum atomic E-state index is 13.6. The van der Waals surface area contributed by atoms with Gasteiger partial charge in [0.05, 0.1) is 23.7 Å². The van der Waals surface area contributed by atoms with Crippen LogP contribution in [0.3, 0.4) is 0 Å². The number of hydrogen-bond acceptors (Lipinski definition) is 4. The lowest BCUT2D eigenvalue weighted by atomic mass is 10.0. The smallest absolute Gasteiger partial charge is 0.291 e. The van der Waals surface area contributed by atoms with Crippen LogP contribution in [0.5, 0.6) is 0 Å². The van der Waals surface area contributed by atoms with E-state index in [0.717, 1.165) is 28.9 Å². The molecule has 0 radical (unpaired) electrons. The molecule has 0 fully saturated rings. The van der Waals surface area contributed by atoms with Gasteiger partial charge < -0.3 is 9.73 Å². The summed E-state index contributed by atoms with van der Waals surface area (Å²) in [6.45, 7) is 2.46. The second-order valence-electron chi connectivity index (χ2n) is 8.54. The maximum Gasteiger partial charge on any atom is 0.291 e. The molecule has 2 heterocycles. The summed E-state index contributed by atoms with van der Waals surface area (Å²) in [4.78, 5) is 30.8. The molecule has 0 saturated carbocycles. The van der Waals surface area contributed by atoms with Crippen molar-refractivity contribution < 1.29 is 9.21 Å². The monoisotopic (exact) mass is 497 g/mol. The third-order valence-electron chi connectivity index (χ3n) is 5.96. The van der Waals surface area contributed by atoms with Crippen LogP contribution in [0.2, 0.25) is 5.02 Å². The van der Waals surface area contributed by atoms with Crippen LogP contribution < -0.4 is 10.9 Å². The highest BCUT2D eigenvalue weighted by atomic mass is 35.5. The highest BCUT2D eigenvalue weighted by Gasteiger charge is 2.14. The van der Waals surface area contributed by atoms with Crippen molar-refractivity contribution in [3.8, 4) is 11.1 Å². The van der Waals surface area contributed by atoms with Gasteiger partial charge in [-0.15, -0.1) is 0 Å². The Kier molecular flexibility index (Phi) is 6.69. The number of rotatable bonds is 7. The minimum Gasteiger partial charge on any atom is -0.459 e. The summed E-state index contributed by atoms with van der Waals surface area (Å²) in [6, 6.07) is 24.2. The van der Waals surface area contributed by atoms with Gasteiger partial charge in [-0.3, -0.25) is 14.2 Å². The van der Waals surface area contributed by atoms with E-state index in [9.17, 15) is 9.59 Å². The maximum absolute atomic E-state index is 13.6. The summed E-state index contributed by atoms with van der Waals surface area (Å²) in [5.41, 5.74) is 4.04. The molecule has 0 aliphatic heterocycles. The molecule has 0 saturated heterocycles. The van der Waals surface area contributed by atoms with Crippen molar-refractivity contribution in [2.75, 3.05) is 5.32 Å². The number of hydrogen-bond donors (Lipinski definition) is 1. The van der Waals surface area contributed by atoms with Crippen LogP contribution in [-0.2, 0) is 13.0 Å². The molecule has 36 heavy (non-hydrogen) atoms. The molecule has 1 amide bonds. The first kappa shape index (κ1) is 23.6. The van der Waals surface area contributed by atoms with Gasteiger partial charge in [-0.25, -0.2) is 4.98 Å². The molecular formula is C29H24ClN3O3. The van der Waals surface area contributed by atoms with Crippen LogP contribution >= 0.6 is 11.6 Å². The number of halogens is 1. The minimum atomic E-state index is -0.380. The number of fused-ring (bicyclic) bond motifs is 1. The molecule has 2 aromatic heterocycles. The molecule has 180 valence electrons. The molecule has 3 aromatic carbocycles. The summed E-state index contributed by atoms with van der Waals surface area (Å²) in [5.74, 6) is 0.557. The summed E-state index contributed by atoms with van der Waals surface area (Å²) in [6.07, 6.45) is 2.99. The average Bonchev–Trinajstić information content (AvgIpc) is 3.43. The van der Waals surface area contributed by atoms with Crippen LogP contribution in [0, 0.1) is 0 Å².